The summed E-state index contributed by atoms with van der Waals surface area (Å²) in [6.45, 7) is 8.61. The Kier molecular flexibility index (Phi) is 8.58. The fourth-order valence-corrected chi connectivity index (χ4v) is 1.20. The quantitative estimate of drug-likeness (QED) is 0.625. The fourth-order valence-electron chi connectivity index (χ4n) is 1.13. The van der Waals surface area contributed by atoms with Crippen molar-refractivity contribution >= 4 is 11.6 Å². The molecule has 13 heavy (non-hydrogen) atoms. The zero-order chi connectivity index (χ0) is 10.1. The van der Waals surface area contributed by atoms with Crippen molar-refractivity contribution in [2.24, 2.45) is 5.92 Å². The van der Waals surface area contributed by atoms with Crippen molar-refractivity contribution in [2.45, 2.75) is 40.0 Å². The van der Waals surface area contributed by atoms with Crippen molar-refractivity contribution in [3.63, 3.8) is 0 Å². The lowest BCUT2D eigenvalue weighted by molar-refractivity contribution is 0.525. The summed E-state index contributed by atoms with van der Waals surface area (Å²) in [7, 11) is 0. The van der Waals surface area contributed by atoms with Gasteiger partial charge in [0.25, 0.3) is 0 Å². The highest BCUT2D eigenvalue weighted by Crippen LogP contribution is 2.05. The van der Waals surface area contributed by atoms with Gasteiger partial charge in [0, 0.05) is 12.1 Å². The van der Waals surface area contributed by atoms with Crippen LogP contribution in [0.15, 0.2) is 11.1 Å². The molecule has 0 aromatic heterocycles. The van der Waals surface area contributed by atoms with E-state index >= 15 is 0 Å². The molecule has 0 unspecified atom stereocenters. The summed E-state index contributed by atoms with van der Waals surface area (Å²) < 4.78 is 0. The Morgan fingerprint density at radius 2 is 2.08 bits per heavy atom. The SMILES string of the molecule is CC(=CCl)CNCCCCC(C)C. The molecule has 0 rings (SSSR count). The number of halogens is 1. The van der Waals surface area contributed by atoms with Gasteiger partial charge in [-0.05, 0) is 31.4 Å². The van der Waals surface area contributed by atoms with E-state index in [0.717, 1.165) is 19.0 Å². The van der Waals surface area contributed by atoms with Crippen LogP contribution in [-0.2, 0) is 0 Å². The molecule has 0 fully saturated rings. The molecule has 0 aliphatic carbocycles. The van der Waals surface area contributed by atoms with Crippen LogP contribution in [0.5, 0.6) is 0 Å². The molecule has 0 heterocycles. The van der Waals surface area contributed by atoms with Crippen LogP contribution in [0.25, 0.3) is 0 Å². The lowest BCUT2D eigenvalue weighted by Crippen LogP contribution is -2.17. The van der Waals surface area contributed by atoms with E-state index in [1.165, 1.54) is 24.8 Å². The summed E-state index contributed by atoms with van der Waals surface area (Å²) in [5.41, 5.74) is 2.84. The van der Waals surface area contributed by atoms with Gasteiger partial charge in [0.2, 0.25) is 0 Å². The predicted octanol–water partition coefficient (Wildman–Crippen LogP) is 3.54. The van der Waals surface area contributed by atoms with Gasteiger partial charge in [-0.1, -0.05) is 38.3 Å². The number of hydrogen-bond acceptors (Lipinski definition) is 1. The summed E-state index contributed by atoms with van der Waals surface area (Å²) >= 11 is 5.53. The monoisotopic (exact) mass is 203 g/mol. The highest BCUT2D eigenvalue weighted by molar-refractivity contribution is 6.25. The molecule has 0 aliphatic heterocycles. The van der Waals surface area contributed by atoms with Gasteiger partial charge < -0.3 is 5.32 Å². The van der Waals surface area contributed by atoms with Crippen molar-refractivity contribution in [1.29, 1.82) is 0 Å². The van der Waals surface area contributed by atoms with Gasteiger partial charge in [-0.15, -0.1) is 0 Å². The Hall–Kier alpha value is -0.0100. The van der Waals surface area contributed by atoms with E-state index in [9.17, 15) is 0 Å². The normalized spacial score (nSPS) is 12.5. The van der Waals surface area contributed by atoms with E-state index in [1.54, 1.807) is 5.54 Å². The molecular formula is C11H22ClN. The average Bonchev–Trinajstić information content (AvgIpc) is 2.10. The molecule has 0 atom stereocenters. The number of hydrogen-bond donors (Lipinski definition) is 1. The first-order valence-electron chi connectivity index (χ1n) is 5.13. The van der Waals surface area contributed by atoms with Gasteiger partial charge in [-0.25, -0.2) is 0 Å². The minimum Gasteiger partial charge on any atom is -0.313 e. The molecule has 0 radical (unpaired) electrons. The van der Waals surface area contributed by atoms with E-state index in [4.69, 9.17) is 11.6 Å². The molecule has 0 amide bonds. The first-order valence-corrected chi connectivity index (χ1v) is 5.57. The molecule has 0 aromatic rings. The summed E-state index contributed by atoms with van der Waals surface area (Å²) in [6.07, 6.45) is 3.94. The second-order valence-electron chi connectivity index (χ2n) is 4.02. The molecular weight excluding hydrogens is 182 g/mol. The summed E-state index contributed by atoms with van der Waals surface area (Å²) in [5, 5.41) is 3.36. The predicted molar refractivity (Wildman–Crippen MR) is 61.2 cm³/mol. The molecule has 1 nitrogen and oxygen atoms in total. The summed E-state index contributed by atoms with van der Waals surface area (Å²) in [6, 6.07) is 0. The lowest BCUT2D eigenvalue weighted by atomic mass is 10.1. The van der Waals surface area contributed by atoms with Gasteiger partial charge in [0.1, 0.15) is 0 Å². The van der Waals surface area contributed by atoms with E-state index in [1.807, 2.05) is 6.92 Å². The molecule has 0 saturated carbocycles. The second kappa shape index (κ2) is 8.58. The van der Waals surface area contributed by atoms with Crippen molar-refractivity contribution < 1.29 is 0 Å². The van der Waals surface area contributed by atoms with Crippen LogP contribution in [0, 0.1) is 5.92 Å². The van der Waals surface area contributed by atoms with Crippen molar-refractivity contribution in [1.82, 2.24) is 5.32 Å². The van der Waals surface area contributed by atoms with Crippen LogP contribution in [-0.4, -0.2) is 13.1 Å². The van der Waals surface area contributed by atoms with Crippen LogP contribution >= 0.6 is 11.6 Å². The zero-order valence-electron chi connectivity index (χ0n) is 9.07. The maximum absolute atomic E-state index is 5.53. The Balaban J connectivity index is 3.09. The number of rotatable bonds is 7. The minimum absolute atomic E-state index is 0.837. The Labute approximate surface area is 87.6 Å². The van der Waals surface area contributed by atoms with Gasteiger partial charge >= 0.3 is 0 Å². The highest BCUT2D eigenvalue weighted by atomic mass is 35.5. The second-order valence-corrected chi connectivity index (χ2v) is 4.24. The molecule has 0 bridgehead atoms. The molecule has 0 saturated heterocycles. The standard InChI is InChI=1S/C11H22ClN/c1-10(2)6-4-5-7-13-9-11(3)8-12/h8,10,13H,4-7,9H2,1-3H3. The first kappa shape index (κ1) is 13.0. The summed E-state index contributed by atoms with van der Waals surface area (Å²) in [5.74, 6) is 0.837. The zero-order valence-corrected chi connectivity index (χ0v) is 9.82. The van der Waals surface area contributed by atoms with Crippen molar-refractivity contribution in [3.05, 3.63) is 11.1 Å². The fraction of sp³-hybridized carbons (Fsp3) is 0.818. The maximum atomic E-state index is 5.53. The Bertz CT molecular complexity index is 141. The number of unbranched alkanes of at least 4 members (excludes halogenated alkanes) is 1. The Morgan fingerprint density at radius 1 is 1.38 bits per heavy atom. The van der Waals surface area contributed by atoms with E-state index < -0.39 is 0 Å². The van der Waals surface area contributed by atoms with Gasteiger partial charge in [0.05, 0.1) is 0 Å². The molecule has 0 spiro atoms. The third-order valence-corrected chi connectivity index (χ3v) is 2.35. The van der Waals surface area contributed by atoms with Crippen LogP contribution in [0.1, 0.15) is 40.0 Å². The topological polar surface area (TPSA) is 12.0 Å². The molecule has 2 heteroatoms. The van der Waals surface area contributed by atoms with Crippen LogP contribution in [0.4, 0.5) is 0 Å². The van der Waals surface area contributed by atoms with E-state index in [2.05, 4.69) is 19.2 Å². The lowest BCUT2D eigenvalue weighted by Gasteiger charge is -2.05. The van der Waals surface area contributed by atoms with Gasteiger partial charge in [0.15, 0.2) is 0 Å². The van der Waals surface area contributed by atoms with Crippen LogP contribution < -0.4 is 5.32 Å². The smallest absolute Gasteiger partial charge is 0.0173 e. The van der Waals surface area contributed by atoms with Crippen LogP contribution in [0.3, 0.4) is 0 Å². The maximum Gasteiger partial charge on any atom is 0.0173 e. The third-order valence-electron chi connectivity index (χ3n) is 1.98. The molecule has 0 aromatic carbocycles. The van der Waals surface area contributed by atoms with Crippen molar-refractivity contribution in [3.8, 4) is 0 Å². The Morgan fingerprint density at radius 3 is 2.62 bits per heavy atom. The third kappa shape index (κ3) is 9.91. The van der Waals surface area contributed by atoms with E-state index in [-0.39, 0.29) is 0 Å². The van der Waals surface area contributed by atoms with Gasteiger partial charge in [-0.2, -0.15) is 0 Å². The minimum atomic E-state index is 0.837. The first-order chi connectivity index (χ1) is 6.16. The van der Waals surface area contributed by atoms with Gasteiger partial charge in [-0.3, -0.25) is 0 Å². The van der Waals surface area contributed by atoms with Crippen molar-refractivity contribution in [2.75, 3.05) is 13.1 Å². The van der Waals surface area contributed by atoms with Crippen LogP contribution in [0.2, 0.25) is 0 Å². The molecule has 0 aliphatic rings. The molecule has 78 valence electrons. The largest absolute Gasteiger partial charge is 0.313 e. The molecule has 1 N–H and O–H groups in total. The highest BCUT2D eigenvalue weighted by Gasteiger charge is 1.93. The summed E-state index contributed by atoms with van der Waals surface area (Å²) in [4.78, 5) is 0. The number of nitrogens with one attached hydrogen (secondary N) is 1. The van der Waals surface area contributed by atoms with E-state index in [0.29, 0.717) is 0 Å². The average molecular weight is 204 g/mol.